The zero-order valence-corrected chi connectivity index (χ0v) is 21.9. The quantitative estimate of drug-likeness (QED) is 0.339. The molecule has 0 spiro atoms. The van der Waals surface area contributed by atoms with Crippen LogP contribution in [0.4, 0.5) is 18.9 Å². The number of carboxylic acid groups (broad SMARTS) is 1. The maximum atomic E-state index is 16.1. The Morgan fingerprint density at radius 3 is 2.27 bits per heavy atom. The van der Waals surface area contributed by atoms with Crippen LogP contribution in [0.3, 0.4) is 0 Å². The fraction of sp³-hybridized carbons (Fsp3) is 0.250. The van der Waals surface area contributed by atoms with E-state index in [1.54, 1.807) is 12.1 Å². The molecule has 2 aromatic carbocycles. The van der Waals surface area contributed by atoms with Gasteiger partial charge in [-0.05, 0) is 24.6 Å². The molecular formula is C28H22F3N2O6S+. The molecule has 206 valence electrons. The van der Waals surface area contributed by atoms with Crippen LogP contribution < -0.4 is 4.90 Å². The number of hydrogen-bond acceptors (Lipinski definition) is 6. The molecule has 1 N–H and O–H groups in total. The molecule has 8 nitrogen and oxygen atoms in total. The highest BCUT2D eigenvalue weighted by molar-refractivity contribution is 7.95. The number of benzene rings is 2. The van der Waals surface area contributed by atoms with Gasteiger partial charge in [0.15, 0.2) is 11.6 Å². The molecule has 2 fully saturated rings. The molecule has 4 aliphatic rings. The number of rotatable bonds is 4. The molecule has 3 heterocycles. The van der Waals surface area contributed by atoms with E-state index in [0.717, 1.165) is 20.0 Å². The molecule has 0 bridgehead atoms. The van der Waals surface area contributed by atoms with Gasteiger partial charge in [0.1, 0.15) is 30.0 Å². The van der Waals surface area contributed by atoms with Crippen molar-refractivity contribution in [1.82, 2.24) is 0 Å². The second-order valence-corrected chi connectivity index (χ2v) is 11.7. The van der Waals surface area contributed by atoms with Crippen LogP contribution in [0.15, 0.2) is 51.8 Å². The number of anilines is 1. The van der Waals surface area contributed by atoms with Crippen molar-refractivity contribution in [3.05, 3.63) is 86.6 Å². The second kappa shape index (κ2) is 9.19. The summed E-state index contributed by atoms with van der Waals surface area (Å²) in [6.45, 7) is 2.81. The molecule has 1 aliphatic carbocycles. The Balaban J connectivity index is 1.75. The number of allylic oxidation sites excluding steroid dienone is 4. The molecule has 0 amide bonds. The molecule has 0 radical (unpaired) electrons. The minimum Gasteiger partial charge on any atom is -0.478 e. The fourth-order valence-electron chi connectivity index (χ4n) is 5.33. The van der Waals surface area contributed by atoms with Gasteiger partial charge in [0.05, 0.1) is 23.3 Å². The highest BCUT2D eigenvalue weighted by atomic mass is 32.2. The zero-order valence-electron chi connectivity index (χ0n) is 21.1. The number of nitrogens with zero attached hydrogens (tertiary/aromatic N) is 2. The summed E-state index contributed by atoms with van der Waals surface area (Å²) < 4.78 is 80.7. The average Bonchev–Trinajstić information content (AvgIpc) is 2.85. The molecular weight excluding hydrogens is 549 g/mol. The summed E-state index contributed by atoms with van der Waals surface area (Å²) in [6, 6.07) is 4.42. The third kappa shape index (κ3) is 3.65. The van der Waals surface area contributed by atoms with Gasteiger partial charge in [0.25, 0.3) is 0 Å². The van der Waals surface area contributed by atoms with Crippen molar-refractivity contribution >= 4 is 38.7 Å². The van der Waals surface area contributed by atoms with Gasteiger partial charge in [-0.1, -0.05) is 6.07 Å². The van der Waals surface area contributed by atoms with Crippen molar-refractivity contribution in [2.45, 2.75) is 17.7 Å². The first-order valence-corrected chi connectivity index (χ1v) is 14.0. The molecule has 3 aliphatic heterocycles. The van der Waals surface area contributed by atoms with Crippen molar-refractivity contribution in [1.29, 1.82) is 0 Å². The number of carbonyl (C=O) groups excluding carboxylic acids is 1. The van der Waals surface area contributed by atoms with Gasteiger partial charge in [-0.25, -0.2) is 35.8 Å². The van der Waals surface area contributed by atoms with E-state index in [0.29, 0.717) is 37.6 Å². The number of aromatic carboxylic acids is 1. The zero-order chi connectivity index (χ0) is 28.5. The predicted molar refractivity (Wildman–Crippen MR) is 138 cm³/mol. The van der Waals surface area contributed by atoms with Crippen LogP contribution in [-0.4, -0.2) is 69.0 Å². The van der Waals surface area contributed by atoms with E-state index in [2.05, 4.69) is 4.74 Å². The van der Waals surface area contributed by atoms with Crippen LogP contribution in [0, 0.1) is 17.5 Å². The third-order valence-corrected chi connectivity index (χ3v) is 9.50. The van der Waals surface area contributed by atoms with E-state index in [4.69, 9.17) is 0 Å². The standard InChI is InChI=1S/C28H21F3N2O6S/c1-39-28(36)23-24(29)21(22(27(34)35)25(30)26(23)31)20-16-6-4-14(32-8-2-9-32)12-18(16)40(37,38)19-13-15(5-7-17(19)20)33-10-3-11-33/h4-7,12-13H,2-3,8-11H2,1H3/p+1. The minimum absolute atomic E-state index is 0.100. The van der Waals surface area contributed by atoms with E-state index in [1.807, 2.05) is 9.48 Å². The summed E-state index contributed by atoms with van der Waals surface area (Å²) in [5.74, 6) is -9.22. The number of methoxy groups -OCH3 is 1. The lowest BCUT2D eigenvalue weighted by Gasteiger charge is -2.34. The lowest BCUT2D eigenvalue weighted by Crippen LogP contribution is -2.37. The highest BCUT2D eigenvalue weighted by Crippen LogP contribution is 2.48. The monoisotopic (exact) mass is 571 g/mol. The molecule has 0 atom stereocenters. The van der Waals surface area contributed by atoms with E-state index >= 15 is 8.78 Å². The molecule has 0 aromatic heterocycles. The summed E-state index contributed by atoms with van der Waals surface area (Å²) in [5.41, 5.74) is -3.04. The molecule has 40 heavy (non-hydrogen) atoms. The summed E-state index contributed by atoms with van der Waals surface area (Å²) >= 11 is 0. The average molecular weight is 572 g/mol. The van der Waals surface area contributed by atoms with E-state index < -0.39 is 55.9 Å². The van der Waals surface area contributed by atoms with Crippen LogP contribution in [0.25, 0.3) is 5.57 Å². The van der Waals surface area contributed by atoms with Gasteiger partial charge >= 0.3 is 11.9 Å². The Kier molecular flexibility index (Phi) is 5.98. The first-order chi connectivity index (χ1) is 19.1. The van der Waals surface area contributed by atoms with Gasteiger partial charge < -0.3 is 14.7 Å². The molecule has 0 saturated carbocycles. The van der Waals surface area contributed by atoms with Crippen LogP contribution in [-0.2, 0) is 14.6 Å². The number of ether oxygens (including phenoxy) is 1. The van der Waals surface area contributed by atoms with Crippen molar-refractivity contribution in [3.8, 4) is 0 Å². The van der Waals surface area contributed by atoms with Crippen LogP contribution in [0.2, 0.25) is 0 Å². The lowest BCUT2D eigenvalue weighted by atomic mass is 9.85. The molecule has 2 saturated heterocycles. The Hall–Kier alpha value is -4.19. The number of carbonyl (C=O) groups is 2. The van der Waals surface area contributed by atoms with Crippen molar-refractivity contribution in [2.75, 3.05) is 38.2 Å². The predicted octanol–water partition coefficient (Wildman–Crippen LogP) is 3.70. The van der Waals surface area contributed by atoms with Crippen LogP contribution >= 0.6 is 0 Å². The van der Waals surface area contributed by atoms with Crippen molar-refractivity contribution in [2.24, 2.45) is 0 Å². The van der Waals surface area contributed by atoms with Crippen LogP contribution in [0.5, 0.6) is 0 Å². The summed E-state index contributed by atoms with van der Waals surface area (Å²) in [4.78, 5) is 26.0. The first kappa shape index (κ1) is 26.1. The molecule has 0 unspecified atom stereocenters. The topological polar surface area (TPSA) is 104 Å². The minimum atomic E-state index is -4.22. The summed E-state index contributed by atoms with van der Waals surface area (Å²) in [5, 5.41) is 9.89. The maximum Gasteiger partial charge on any atom is 0.344 e. The normalized spacial score (nSPS) is 18.9. The smallest absolute Gasteiger partial charge is 0.344 e. The fourth-order valence-corrected chi connectivity index (χ4v) is 7.04. The Bertz CT molecular complexity index is 1780. The van der Waals surface area contributed by atoms with Gasteiger partial charge in [-0.3, -0.25) is 0 Å². The van der Waals surface area contributed by atoms with E-state index in [9.17, 15) is 27.5 Å². The number of fused-ring (bicyclic) bond motifs is 2. The number of sulfone groups is 1. The Labute approximate surface area is 226 Å². The number of hydrogen-bond donors (Lipinski definition) is 1. The van der Waals surface area contributed by atoms with Crippen molar-refractivity contribution < 1.29 is 45.6 Å². The van der Waals surface area contributed by atoms with Crippen molar-refractivity contribution in [3.63, 3.8) is 0 Å². The van der Waals surface area contributed by atoms with Gasteiger partial charge in [0, 0.05) is 53.2 Å². The van der Waals surface area contributed by atoms with E-state index in [-0.39, 0.29) is 26.5 Å². The number of carboxylic acids is 1. The Morgan fingerprint density at radius 2 is 1.70 bits per heavy atom. The highest BCUT2D eigenvalue weighted by Gasteiger charge is 2.42. The maximum absolute atomic E-state index is 16.1. The van der Waals surface area contributed by atoms with E-state index in [1.165, 1.54) is 24.3 Å². The molecule has 2 aromatic rings. The lowest BCUT2D eigenvalue weighted by molar-refractivity contribution is -0.582. The summed E-state index contributed by atoms with van der Waals surface area (Å²) in [6.07, 6.45) is 6.25. The molecule has 6 rings (SSSR count). The number of esters is 1. The largest absolute Gasteiger partial charge is 0.478 e. The summed E-state index contributed by atoms with van der Waals surface area (Å²) in [7, 11) is -3.38. The first-order valence-electron chi connectivity index (χ1n) is 12.5. The molecule has 12 heteroatoms. The van der Waals surface area contributed by atoms with Gasteiger partial charge in [-0.15, -0.1) is 0 Å². The van der Waals surface area contributed by atoms with Crippen LogP contribution in [0.1, 0.15) is 44.7 Å². The Morgan fingerprint density at radius 1 is 1.00 bits per heavy atom. The SMILES string of the molecule is COC(=O)c1c(F)c(F)c(C(=O)O)c(C2=C3C=CC(=[N+]4CCC4)C=C3S(=O)(=O)c3cc(N4CCC4)ccc32)c1F. The third-order valence-electron chi connectivity index (χ3n) is 7.66. The van der Waals surface area contributed by atoms with Gasteiger partial charge in [-0.2, -0.15) is 0 Å². The number of halogens is 3. The second-order valence-electron chi connectivity index (χ2n) is 9.78. The van der Waals surface area contributed by atoms with Gasteiger partial charge in [0.2, 0.25) is 15.5 Å².